The van der Waals surface area contributed by atoms with Gasteiger partial charge in [0.2, 0.25) is 5.91 Å². The molecular formula is C24H40N4O2S. The van der Waals surface area contributed by atoms with Gasteiger partial charge in [0.1, 0.15) is 0 Å². The SMILES string of the molecule is CCN=C(NC1CCC(C(=O)N2CCSCC2)CC1)NC1C2CCOC2C12CCCC2. The summed E-state index contributed by atoms with van der Waals surface area (Å²) in [4.78, 5) is 19.8. The van der Waals surface area contributed by atoms with Gasteiger partial charge in [-0.3, -0.25) is 9.79 Å². The maximum atomic E-state index is 12.9. The van der Waals surface area contributed by atoms with Gasteiger partial charge in [-0.1, -0.05) is 12.8 Å². The first-order chi connectivity index (χ1) is 15.2. The van der Waals surface area contributed by atoms with Crippen molar-refractivity contribution in [2.75, 3.05) is 37.7 Å². The molecule has 2 N–H and O–H groups in total. The van der Waals surface area contributed by atoms with Gasteiger partial charge in [-0.25, -0.2) is 0 Å². The van der Waals surface area contributed by atoms with Crippen molar-refractivity contribution < 1.29 is 9.53 Å². The lowest BCUT2D eigenvalue weighted by molar-refractivity contribution is -0.136. The minimum Gasteiger partial charge on any atom is -0.377 e. The summed E-state index contributed by atoms with van der Waals surface area (Å²) in [6.07, 6.45) is 11.1. The first kappa shape index (κ1) is 21.9. The molecule has 3 aliphatic carbocycles. The molecule has 5 fully saturated rings. The molecule has 5 aliphatic rings. The smallest absolute Gasteiger partial charge is 0.225 e. The topological polar surface area (TPSA) is 66.0 Å². The Morgan fingerprint density at radius 3 is 2.55 bits per heavy atom. The van der Waals surface area contributed by atoms with E-state index in [1.807, 2.05) is 11.8 Å². The van der Waals surface area contributed by atoms with Gasteiger partial charge in [0, 0.05) is 67.1 Å². The molecule has 0 aromatic carbocycles. The van der Waals surface area contributed by atoms with Crippen LogP contribution in [0.1, 0.15) is 64.7 Å². The van der Waals surface area contributed by atoms with Crippen LogP contribution in [-0.2, 0) is 9.53 Å². The zero-order valence-electron chi connectivity index (χ0n) is 19.1. The van der Waals surface area contributed by atoms with Crippen molar-refractivity contribution in [3.63, 3.8) is 0 Å². The quantitative estimate of drug-likeness (QED) is 0.511. The molecule has 1 spiro atoms. The molecule has 31 heavy (non-hydrogen) atoms. The highest BCUT2D eigenvalue weighted by molar-refractivity contribution is 7.99. The standard InChI is InChI=1S/C24H40N4O2S/c1-2-25-23(27-20-19-9-14-30-21(19)24(20)10-3-4-11-24)26-18-7-5-17(6-8-18)22(29)28-12-15-31-16-13-28/h17-21H,2-16H2,1H3,(H2,25,26,27). The molecule has 5 rings (SSSR count). The monoisotopic (exact) mass is 448 g/mol. The fraction of sp³-hybridized carbons (Fsp3) is 0.917. The summed E-state index contributed by atoms with van der Waals surface area (Å²) in [5, 5.41) is 7.62. The minimum absolute atomic E-state index is 0.227. The third kappa shape index (κ3) is 4.21. The van der Waals surface area contributed by atoms with Crippen LogP contribution in [0.4, 0.5) is 0 Å². The molecule has 1 amide bonds. The summed E-state index contributed by atoms with van der Waals surface area (Å²) in [7, 11) is 0. The number of ether oxygens (including phenoxy) is 1. The van der Waals surface area contributed by atoms with E-state index in [9.17, 15) is 4.79 Å². The number of aliphatic imine (C=N–C) groups is 1. The molecule has 0 bridgehead atoms. The average molecular weight is 449 g/mol. The number of nitrogens with zero attached hydrogens (tertiary/aromatic N) is 2. The van der Waals surface area contributed by atoms with Gasteiger partial charge in [0.05, 0.1) is 6.10 Å². The van der Waals surface area contributed by atoms with Crippen LogP contribution in [0.25, 0.3) is 0 Å². The highest BCUT2D eigenvalue weighted by Gasteiger charge is 2.65. The number of carbonyl (C=O) groups is 1. The van der Waals surface area contributed by atoms with E-state index in [2.05, 4.69) is 22.5 Å². The summed E-state index contributed by atoms with van der Waals surface area (Å²) in [5.74, 6) is 4.47. The Balaban J connectivity index is 1.15. The first-order valence-corrected chi connectivity index (χ1v) is 13.9. The van der Waals surface area contributed by atoms with Gasteiger partial charge < -0.3 is 20.3 Å². The zero-order valence-corrected chi connectivity index (χ0v) is 19.9. The largest absolute Gasteiger partial charge is 0.377 e. The van der Waals surface area contributed by atoms with Crippen LogP contribution in [0.3, 0.4) is 0 Å². The van der Waals surface area contributed by atoms with Crippen molar-refractivity contribution in [3.8, 4) is 0 Å². The first-order valence-electron chi connectivity index (χ1n) is 12.8. The molecule has 6 nitrogen and oxygen atoms in total. The molecule has 0 radical (unpaired) electrons. The van der Waals surface area contributed by atoms with Gasteiger partial charge in [-0.05, 0) is 51.9 Å². The van der Waals surface area contributed by atoms with Crippen molar-refractivity contribution in [2.45, 2.75) is 82.9 Å². The Hall–Kier alpha value is -0.950. The summed E-state index contributed by atoms with van der Waals surface area (Å²) in [6.45, 7) is 5.71. The molecule has 7 heteroatoms. The Labute approximate surface area is 191 Å². The van der Waals surface area contributed by atoms with Crippen LogP contribution in [0.15, 0.2) is 4.99 Å². The zero-order chi connectivity index (χ0) is 21.3. The number of nitrogens with one attached hydrogen (secondary N) is 2. The normalized spacial score (nSPS) is 37.4. The van der Waals surface area contributed by atoms with Crippen LogP contribution in [-0.4, -0.2) is 72.7 Å². The molecular weight excluding hydrogens is 408 g/mol. The third-order valence-corrected chi connectivity index (χ3v) is 9.58. The Kier molecular flexibility index (Phi) is 6.70. The van der Waals surface area contributed by atoms with Gasteiger partial charge in [0.15, 0.2) is 5.96 Å². The van der Waals surface area contributed by atoms with E-state index in [1.54, 1.807) is 0 Å². The molecule has 2 heterocycles. The van der Waals surface area contributed by atoms with Crippen LogP contribution >= 0.6 is 11.8 Å². The van der Waals surface area contributed by atoms with E-state index in [0.717, 1.165) is 69.4 Å². The third-order valence-electron chi connectivity index (χ3n) is 8.63. The van der Waals surface area contributed by atoms with E-state index in [0.29, 0.717) is 35.4 Å². The number of hydrogen-bond acceptors (Lipinski definition) is 4. The predicted molar refractivity (Wildman–Crippen MR) is 126 cm³/mol. The number of fused-ring (bicyclic) bond motifs is 2. The van der Waals surface area contributed by atoms with Gasteiger partial charge in [-0.2, -0.15) is 11.8 Å². The van der Waals surface area contributed by atoms with E-state index in [-0.39, 0.29) is 5.92 Å². The number of carbonyl (C=O) groups excluding carboxylic acids is 1. The minimum atomic E-state index is 0.227. The Morgan fingerprint density at radius 1 is 1.10 bits per heavy atom. The lowest BCUT2D eigenvalue weighted by Gasteiger charge is -2.57. The van der Waals surface area contributed by atoms with Crippen molar-refractivity contribution in [1.29, 1.82) is 0 Å². The van der Waals surface area contributed by atoms with E-state index in [4.69, 9.17) is 9.73 Å². The van der Waals surface area contributed by atoms with Crippen LogP contribution < -0.4 is 10.6 Å². The predicted octanol–water partition coefficient (Wildman–Crippen LogP) is 3.02. The van der Waals surface area contributed by atoms with Gasteiger partial charge >= 0.3 is 0 Å². The second-order valence-corrected chi connectivity index (χ2v) is 11.5. The summed E-state index contributed by atoms with van der Waals surface area (Å²) >= 11 is 1.97. The van der Waals surface area contributed by atoms with Gasteiger partial charge in [0.25, 0.3) is 0 Å². The molecule has 2 aliphatic heterocycles. The molecule has 2 saturated heterocycles. The van der Waals surface area contributed by atoms with E-state index >= 15 is 0 Å². The molecule has 3 saturated carbocycles. The number of rotatable bonds is 4. The average Bonchev–Trinajstić information content (AvgIpc) is 3.47. The van der Waals surface area contributed by atoms with Crippen molar-refractivity contribution in [1.82, 2.24) is 15.5 Å². The van der Waals surface area contributed by atoms with E-state index < -0.39 is 0 Å². The number of thioether (sulfide) groups is 1. The lowest BCUT2D eigenvalue weighted by Crippen LogP contribution is -2.69. The fourth-order valence-electron chi connectivity index (χ4n) is 7.06. The highest BCUT2D eigenvalue weighted by Crippen LogP contribution is 2.60. The number of amides is 1. The molecule has 0 aromatic rings. The maximum Gasteiger partial charge on any atom is 0.225 e. The lowest BCUT2D eigenvalue weighted by atomic mass is 9.54. The summed E-state index contributed by atoms with van der Waals surface area (Å²) < 4.78 is 6.16. The molecule has 0 aromatic heterocycles. The van der Waals surface area contributed by atoms with E-state index in [1.165, 1.54) is 32.1 Å². The molecule has 3 unspecified atom stereocenters. The van der Waals surface area contributed by atoms with Gasteiger partial charge in [-0.15, -0.1) is 0 Å². The molecule has 174 valence electrons. The second kappa shape index (κ2) is 9.50. The van der Waals surface area contributed by atoms with Crippen LogP contribution in [0, 0.1) is 17.3 Å². The van der Waals surface area contributed by atoms with Crippen molar-refractivity contribution in [2.24, 2.45) is 22.2 Å². The molecule has 3 atom stereocenters. The summed E-state index contributed by atoms with van der Waals surface area (Å²) in [6, 6.07) is 0.934. The Bertz CT molecular complexity index is 666. The highest BCUT2D eigenvalue weighted by atomic mass is 32.2. The van der Waals surface area contributed by atoms with Crippen molar-refractivity contribution in [3.05, 3.63) is 0 Å². The van der Waals surface area contributed by atoms with Crippen LogP contribution in [0.2, 0.25) is 0 Å². The maximum absolute atomic E-state index is 12.9. The van der Waals surface area contributed by atoms with Crippen LogP contribution in [0.5, 0.6) is 0 Å². The number of hydrogen-bond donors (Lipinski definition) is 2. The number of guanidine groups is 1. The second-order valence-electron chi connectivity index (χ2n) is 10.3. The fourth-order valence-corrected chi connectivity index (χ4v) is 7.97. The summed E-state index contributed by atoms with van der Waals surface area (Å²) in [5.41, 5.74) is 0.341. The van der Waals surface area contributed by atoms with Crippen molar-refractivity contribution >= 4 is 23.6 Å². The Morgan fingerprint density at radius 2 is 1.84 bits per heavy atom.